The van der Waals surface area contributed by atoms with Gasteiger partial charge in [0.15, 0.2) is 4.34 Å². The number of carboxylic acid groups (broad SMARTS) is 1. The Morgan fingerprint density at radius 2 is 2.04 bits per heavy atom. The molecule has 25 heavy (non-hydrogen) atoms. The predicted octanol–water partition coefficient (Wildman–Crippen LogP) is 5.08. The van der Waals surface area contributed by atoms with Crippen LogP contribution in [0.1, 0.15) is 21.9 Å². The maximum Gasteiger partial charge on any atom is 0.308 e. The molecule has 0 saturated carbocycles. The van der Waals surface area contributed by atoms with Crippen LogP contribution in [0.25, 0.3) is 11.3 Å². The maximum absolute atomic E-state index is 13.0. The van der Waals surface area contributed by atoms with E-state index in [2.05, 4.69) is 4.98 Å². The second kappa shape index (κ2) is 7.41. The fraction of sp³-hybridized carbons (Fsp3) is 0.222. The van der Waals surface area contributed by atoms with Crippen LogP contribution in [-0.2, 0) is 17.0 Å². The van der Waals surface area contributed by atoms with Gasteiger partial charge in [0.25, 0.3) is 0 Å². The van der Waals surface area contributed by atoms with Crippen molar-refractivity contribution in [2.24, 2.45) is 0 Å². The van der Waals surface area contributed by atoms with E-state index in [0.717, 1.165) is 31.8 Å². The standard InChI is InChI=1S/C18H16FNO3S2/c1-10-16(8-17(21)22)25-18(20-10)24-9-13-7-15(23-11(13)2)12-3-5-14(19)6-4-12/h3-7H,8-9H2,1-2H3,(H,21,22). The summed E-state index contributed by atoms with van der Waals surface area (Å²) >= 11 is 2.97. The highest BCUT2D eigenvalue weighted by molar-refractivity contribution is 8.00. The van der Waals surface area contributed by atoms with Crippen LogP contribution in [0.3, 0.4) is 0 Å². The number of hydrogen-bond donors (Lipinski definition) is 1. The number of aliphatic carboxylic acids is 1. The minimum atomic E-state index is -0.849. The molecule has 3 aromatic rings. The van der Waals surface area contributed by atoms with Crippen molar-refractivity contribution in [3.05, 3.63) is 58.0 Å². The maximum atomic E-state index is 13.0. The van der Waals surface area contributed by atoms with Gasteiger partial charge in [-0.25, -0.2) is 9.37 Å². The summed E-state index contributed by atoms with van der Waals surface area (Å²) in [7, 11) is 0. The highest BCUT2D eigenvalue weighted by atomic mass is 32.2. The third-order valence-corrected chi connectivity index (χ3v) is 6.03. The number of nitrogens with zero attached hydrogens (tertiary/aromatic N) is 1. The van der Waals surface area contributed by atoms with E-state index in [4.69, 9.17) is 9.52 Å². The molecule has 3 rings (SSSR count). The Kier molecular flexibility index (Phi) is 5.24. The van der Waals surface area contributed by atoms with Crippen molar-refractivity contribution in [3.63, 3.8) is 0 Å². The number of carbonyl (C=O) groups is 1. The molecule has 0 unspecified atom stereocenters. The Morgan fingerprint density at radius 3 is 2.72 bits per heavy atom. The average Bonchev–Trinajstić information content (AvgIpc) is 3.09. The minimum absolute atomic E-state index is 0.00349. The van der Waals surface area contributed by atoms with Crippen molar-refractivity contribution in [1.82, 2.24) is 4.98 Å². The zero-order valence-corrected chi connectivity index (χ0v) is 15.3. The van der Waals surface area contributed by atoms with Gasteiger partial charge in [0, 0.05) is 21.8 Å². The Hall–Kier alpha value is -2.12. The van der Waals surface area contributed by atoms with Gasteiger partial charge in [0.05, 0.1) is 12.1 Å². The molecule has 0 radical (unpaired) electrons. The predicted molar refractivity (Wildman–Crippen MR) is 96.6 cm³/mol. The quantitative estimate of drug-likeness (QED) is 0.607. The summed E-state index contributed by atoms with van der Waals surface area (Å²) in [5, 5.41) is 8.91. The van der Waals surface area contributed by atoms with Crippen LogP contribution in [-0.4, -0.2) is 16.1 Å². The monoisotopic (exact) mass is 377 g/mol. The molecule has 0 aliphatic rings. The van der Waals surface area contributed by atoms with E-state index < -0.39 is 5.97 Å². The minimum Gasteiger partial charge on any atom is -0.481 e. The molecule has 130 valence electrons. The Morgan fingerprint density at radius 1 is 1.32 bits per heavy atom. The number of aromatic nitrogens is 1. The fourth-order valence-electron chi connectivity index (χ4n) is 2.32. The lowest BCUT2D eigenvalue weighted by Crippen LogP contribution is -1.99. The Bertz CT molecular complexity index is 900. The summed E-state index contributed by atoms with van der Waals surface area (Å²) in [6.07, 6.45) is 0.00349. The molecule has 0 fully saturated rings. The van der Waals surface area contributed by atoms with E-state index in [1.165, 1.54) is 23.5 Å². The molecule has 0 bridgehead atoms. The van der Waals surface area contributed by atoms with Gasteiger partial charge < -0.3 is 9.52 Å². The first-order valence-electron chi connectivity index (χ1n) is 7.58. The summed E-state index contributed by atoms with van der Waals surface area (Å²) in [6, 6.07) is 8.14. The van der Waals surface area contributed by atoms with E-state index in [9.17, 15) is 9.18 Å². The van der Waals surface area contributed by atoms with E-state index >= 15 is 0 Å². The van der Waals surface area contributed by atoms with Gasteiger partial charge in [-0.3, -0.25) is 4.79 Å². The first-order valence-corrected chi connectivity index (χ1v) is 9.38. The van der Waals surface area contributed by atoms with Gasteiger partial charge in [-0.1, -0.05) is 11.8 Å². The SMILES string of the molecule is Cc1nc(SCc2cc(-c3ccc(F)cc3)oc2C)sc1CC(=O)O. The summed E-state index contributed by atoms with van der Waals surface area (Å²) in [4.78, 5) is 16.1. The lowest BCUT2D eigenvalue weighted by molar-refractivity contribution is -0.136. The smallest absolute Gasteiger partial charge is 0.308 e. The first kappa shape index (κ1) is 17.7. The highest BCUT2D eigenvalue weighted by Gasteiger charge is 2.14. The lowest BCUT2D eigenvalue weighted by Gasteiger charge is -1.95. The second-order valence-electron chi connectivity index (χ2n) is 5.55. The van der Waals surface area contributed by atoms with Gasteiger partial charge in [-0.15, -0.1) is 11.3 Å². The molecule has 0 saturated heterocycles. The van der Waals surface area contributed by atoms with Crippen molar-refractivity contribution >= 4 is 29.1 Å². The largest absolute Gasteiger partial charge is 0.481 e. The fourth-order valence-corrected chi connectivity index (χ4v) is 4.59. The van der Waals surface area contributed by atoms with Gasteiger partial charge in [0.1, 0.15) is 17.3 Å². The molecule has 7 heteroatoms. The van der Waals surface area contributed by atoms with Crippen LogP contribution >= 0.6 is 23.1 Å². The number of rotatable bonds is 6. The second-order valence-corrected chi connectivity index (χ2v) is 7.85. The molecule has 0 atom stereocenters. The van der Waals surface area contributed by atoms with Crippen LogP contribution in [0.2, 0.25) is 0 Å². The number of hydrogen-bond acceptors (Lipinski definition) is 5. The number of furan rings is 1. The third-order valence-electron chi connectivity index (χ3n) is 3.69. The number of aryl methyl sites for hydroxylation is 2. The molecule has 2 heterocycles. The number of thioether (sulfide) groups is 1. The third kappa shape index (κ3) is 4.29. The molecule has 0 aliphatic carbocycles. The van der Waals surface area contributed by atoms with Crippen molar-refractivity contribution in [2.45, 2.75) is 30.4 Å². The zero-order valence-electron chi connectivity index (χ0n) is 13.7. The Labute approximate surface area is 152 Å². The molecule has 1 aromatic carbocycles. The molecule has 0 amide bonds. The van der Waals surface area contributed by atoms with E-state index in [0.29, 0.717) is 11.5 Å². The normalized spacial score (nSPS) is 11.0. The van der Waals surface area contributed by atoms with Crippen LogP contribution in [0.4, 0.5) is 4.39 Å². The van der Waals surface area contributed by atoms with Crippen LogP contribution in [0.5, 0.6) is 0 Å². The summed E-state index contributed by atoms with van der Waals surface area (Å²) in [5.74, 6) is 1.06. The summed E-state index contributed by atoms with van der Waals surface area (Å²) < 4.78 is 19.7. The molecule has 1 N–H and O–H groups in total. The number of thiazole rings is 1. The zero-order chi connectivity index (χ0) is 18.0. The van der Waals surface area contributed by atoms with Gasteiger partial charge >= 0.3 is 5.97 Å². The van der Waals surface area contributed by atoms with Crippen LogP contribution in [0, 0.1) is 19.7 Å². The summed E-state index contributed by atoms with van der Waals surface area (Å²) in [5.41, 5.74) is 2.64. The number of halogens is 1. The van der Waals surface area contributed by atoms with Crippen LogP contribution in [0.15, 0.2) is 39.1 Å². The number of carboxylic acids is 1. The first-order chi connectivity index (χ1) is 11.9. The highest BCUT2D eigenvalue weighted by Crippen LogP contribution is 2.33. The number of benzene rings is 1. The Balaban J connectivity index is 1.71. The molecular formula is C18H16FNO3S2. The molecule has 0 spiro atoms. The van der Waals surface area contributed by atoms with Gasteiger partial charge in [-0.2, -0.15) is 0 Å². The van der Waals surface area contributed by atoms with Crippen LogP contribution < -0.4 is 0 Å². The molecule has 4 nitrogen and oxygen atoms in total. The van der Waals surface area contributed by atoms with Crippen molar-refractivity contribution in [1.29, 1.82) is 0 Å². The molecular weight excluding hydrogens is 361 g/mol. The lowest BCUT2D eigenvalue weighted by atomic mass is 10.1. The van der Waals surface area contributed by atoms with Crippen molar-refractivity contribution in [2.75, 3.05) is 0 Å². The van der Waals surface area contributed by atoms with Crippen molar-refractivity contribution in [3.8, 4) is 11.3 Å². The van der Waals surface area contributed by atoms with E-state index in [1.807, 2.05) is 19.9 Å². The van der Waals surface area contributed by atoms with E-state index in [-0.39, 0.29) is 12.2 Å². The van der Waals surface area contributed by atoms with Gasteiger partial charge in [-0.05, 0) is 44.2 Å². The van der Waals surface area contributed by atoms with Gasteiger partial charge in [0.2, 0.25) is 0 Å². The van der Waals surface area contributed by atoms with Crippen molar-refractivity contribution < 1.29 is 18.7 Å². The average molecular weight is 377 g/mol. The topological polar surface area (TPSA) is 63.3 Å². The molecule has 2 aromatic heterocycles. The molecule has 0 aliphatic heterocycles. The summed E-state index contributed by atoms with van der Waals surface area (Å²) in [6.45, 7) is 3.72. The van der Waals surface area contributed by atoms with E-state index in [1.54, 1.807) is 23.9 Å².